The minimum atomic E-state index is -0.739. The number of benzene rings is 1. The summed E-state index contributed by atoms with van der Waals surface area (Å²) in [6.07, 6.45) is 1.65. The van der Waals surface area contributed by atoms with Crippen molar-refractivity contribution in [1.82, 2.24) is 10.2 Å². The van der Waals surface area contributed by atoms with Gasteiger partial charge in [-0.3, -0.25) is 25.0 Å². The molecule has 0 saturated carbocycles. The first-order chi connectivity index (χ1) is 12.2. The summed E-state index contributed by atoms with van der Waals surface area (Å²) in [4.78, 5) is 35.4. The van der Waals surface area contributed by atoms with Crippen molar-refractivity contribution in [3.8, 4) is 0 Å². The maximum absolute atomic E-state index is 12.5. The number of nitro benzene ring substituents is 2. The molecule has 0 fully saturated rings. The molecule has 1 N–H and O–H groups in total. The van der Waals surface area contributed by atoms with E-state index in [-0.39, 0.29) is 17.2 Å². The van der Waals surface area contributed by atoms with Crippen molar-refractivity contribution >= 4 is 17.3 Å². The quantitative estimate of drug-likeness (QED) is 0.502. The second-order valence-electron chi connectivity index (χ2n) is 6.20. The highest BCUT2D eigenvalue weighted by molar-refractivity contribution is 5.97. The van der Waals surface area contributed by atoms with Gasteiger partial charge in [0.25, 0.3) is 17.3 Å². The maximum Gasteiger partial charge on any atom is 0.279 e. The minimum Gasteiger partial charge on any atom is -0.350 e. The number of nitrogens with one attached hydrogen (secondary N) is 1. The van der Waals surface area contributed by atoms with Crippen LogP contribution < -0.4 is 5.32 Å². The molecule has 0 radical (unpaired) electrons. The molecule has 9 nitrogen and oxygen atoms in total. The van der Waals surface area contributed by atoms with Crippen LogP contribution in [0.25, 0.3) is 0 Å². The Bertz CT molecular complexity index is 673. The molecule has 1 rings (SSSR count). The van der Waals surface area contributed by atoms with Crippen LogP contribution in [0.5, 0.6) is 0 Å². The lowest BCUT2D eigenvalue weighted by atomic mass is 10.0. The van der Waals surface area contributed by atoms with Crippen molar-refractivity contribution in [2.24, 2.45) is 0 Å². The number of carbonyl (C=O) groups excluding carboxylic acids is 1. The number of amides is 1. The first-order valence-electron chi connectivity index (χ1n) is 8.67. The molecule has 0 aromatic heterocycles. The predicted octanol–water partition coefficient (Wildman–Crippen LogP) is 3.05. The highest BCUT2D eigenvalue weighted by Gasteiger charge is 2.25. The molecule has 0 bridgehead atoms. The zero-order chi connectivity index (χ0) is 19.9. The van der Waals surface area contributed by atoms with Crippen LogP contribution >= 0.6 is 0 Å². The number of carbonyl (C=O) groups is 1. The van der Waals surface area contributed by atoms with E-state index in [9.17, 15) is 25.0 Å². The second-order valence-corrected chi connectivity index (χ2v) is 6.20. The molecule has 0 aliphatic rings. The number of rotatable bonds is 10. The van der Waals surface area contributed by atoms with E-state index >= 15 is 0 Å². The van der Waals surface area contributed by atoms with E-state index in [4.69, 9.17) is 0 Å². The van der Waals surface area contributed by atoms with E-state index in [0.717, 1.165) is 44.6 Å². The smallest absolute Gasteiger partial charge is 0.279 e. The Morgan fingerprint density at radius 2 is 1.81 bits per heavy atom. The van der Waals surface area contributed by atoms with Crippen molar-refractivity contribution < 1.29 is 14.6 Å². The molecule has 0 aliphatic carbocycles. The van der Waals surface area contributed by atoms with Crippen LogP contribution in [-0.2, 0) is 0 Å². The molecule has 1 unspecified atom stereocenters. The van der Waals surface area contributed by atoms with E-state index in [2.05, 4.69) is 24.1 Å². The summed E-state index contributed by atoms with van der Waals surface area (Å²) in [5.74, 6) is -0.537. The Balaban J connectivity index is 2.86. The highest BCUT2D eigenvalue weighted by atomic mass is 16.6. The van der Waals surface area contributed by atoms with Gasteiger partial charge in [-0.05, 0) is 46.3 Å². The molecule has 26 heavy (non-hydrogen) atoms. The number of hydrogen-bond donors (Lipinski definition) is 1. The number of non-ortho nitro benzene ring substituents is 1. The first kappa shape index (κ1) is 21.5. The molecular weight excluding hydrogens is 340 g/mol. The van der Waals surface area contributed by atoms with Crippen LogP contribution in [0.15, 0.2) is 12.1 Å². The number of nitro groups is 2. The molecule has 1 amide bonds. The summed E-state index contributed by atoms with van der Waals surface area (Å²) >= 11 is 0. The van der Waals surface area contributed by atoms with E-state index < -0.39 is 27.1 Å². The SMILES string of the molecule is CCN(CC)CCCC(C)NC(=O)c1cc([N+](=O)[O-])cc([N+](=O)[O-])c1C. The predicted molar refractivity (Wildman–Crippen MR) is 98.4 cm³/mol. The average Bonchev–Trinajstić information content (AvgIpc) is 2.58. The van der Waals surface area contributed by atoms with Crippen LogP contribution in [0, 0.1) is 27.2 Å². The fourth-order valence-corrected chi connectivity index (χ4v) is 2.75. The number of hydrogen-bond acceptors (Lipinski definition) is 6. The van der Waals surface area contributed by atoms with E-state index in [1.54, 1.807) is 0 Å². The van der Waals surface area contributed by atoms with Crippen molar-refractivity contribution in [3.05, 3.63) is 43.5 Å². The fraction of sp³-hybridized carbons (Fsp3) is 0.588. The van der Waals surface area contributed by atoms with Gasteiger partial charge in [0, 0.05) is 17.7 Å². The molecule has 1 aromatic rings. The molecule has 9 heteroatoms. The molecule has 0 saturated heterocycles. The van der Waals surface area contributed by atoms with Crippen LogP contribution in [0.2, 0.25) is 0 Å². The molecule has 0 aliphatic heterocycles. The second kappa shape index (κ2) is 9.81. The Kier molecular flexibility index (Phi) is 8.11. The summed E-state index contributed by atoms with van der Waals surface area (Å²) < 4.78 is 0. The lowest BCUT2D eigenvalue weighted by Gasteiger charge is -2.20. The normalized spacial score (nSPS) is 12.0. The van der Waals surface area contributed by atoms with Gasteiger partial charge in [0.15, 0.2) is 0 Å². The fourth-order valence-electron chi connectivity index (χ4n) is 2.75. The Morgan fingerprint density at radius 3 is 2.31 bits per heavy atom. The topological polar surface area (TPSA) is 119 Å². The van der Waals surface area contributed by atoms with Gasteiger partial charge in [0.05, 0.1) is 21.5 Å². The van der Waals surface area contributed by atoms with Gasteiger partial charge in [0.2, 0.25) is 0 Å². The third-order valence-corrected chi connectivity index (χ3v) is 4.40. The average molecular weight is 366 g/mol. The lowest BCUT2D eigenvalue weighted by Crippen LogP contribution is -2.34. The Labute approximate surface area is 152 Å². The van der Waals surface area contributed by atoms with Gasteiger partial charge in [-0.2, -0.15) is 0 Å². The molecule has 1 aromatic carbocycles. The summed E-state index contributed by atoms with van der Waals surface area (Å²) in [6.45, 7) is 10.3. The monoisotopic (exact) mass is 366 g/mol. The summed E-state index contributed by atoms with van der Waals surface area (Å²) in [7, 11) is 0. The standard InChI is InChI=1S/C17H26N4O5/c1-5-19(6-2)9-7-8-12(3)18-17(22)15-10-14(20(23)24)11-16(13(15)4)21(25)26/h10-12H,5-9H2,1-4H3,(H,18,22). The van der Waals surface area contributed by atoms with Crippen LogP contribution in [0.4, 0.5) is 11.4 Å². The van der Waals surface area contributed by atoms with E-state index in [1.807, 2.05) is 6.92 Å². The van der Waals surface area contributed by atoms with Crippen molar-refractivity contribution in [2.45, 2.75) is 46.6 Å². The van der Waals surface area contributed by atoms with Crippen molar-refractivity contribution in [2.75, 3.05) is 19.6 Å². The van der Waals surface area contributed by atoms with Gasteiger partial charge in [-0.25, -0.2) is 0 Å². The molecule has 1 atom stereocenters. The van der Waals surface area contributed by atoms with Gasteiger partial charge in [-0.1, -0.05) is 13.8 Å². The van der Waals surface area contributed by atoms with Crippen molar-refractivity contribution in [1.29, 1.82) is 0 Å². The van der Waals surface area contributed by atoms with Crippen LogP contribution in [0.1, 0.15) is 49.5 Å². The van der Waals surface area contributed by atoms with Gasteiger partial charge < -0.3 is 10.2 Å². The van der Waals surface area contributed by atoms with Gasteiger partial charge in [0.1, 0.15) is 0 Å². The first-order valence-corrected chi connectivity index (χ1v) is 8.67. The zero-order valence-electron chi connectivity index (χ0n) is 15.7. The third-order valence-electron chi connectivity index (χ3n) is 4.40. The lowest BCUT2D eigenvalue weighted by molar-refractivity contribution is -0.394. The minimum absolute atomic E-state index is 0.0403. The maximum atomic E-state index is 12.5. The third kappa shape index (κ3) is 5.76. The zero-order valence-corrected chi connectivity index (χ0v) is 15.7. The molecule has 0 spiro atoms. The Morgan fingerprint density at radius 1 is 1.19 bits per heavy atom. The van der Waals surface area contributed by atoms with Crippen LogP contribution in [-0.4, -0.2) is 46.3 Å². The van der Waals surface area contributed by atoms with Gasteiger partial charge in [-0.15, -0.1) is 0 Å². The Hall–Kier alpha value is -2.55. The summed E-state index contributed by atoms with van der Waals surface area (Å²) in [6, 6.07) is 1.82. The highest BCUT2D eigenvalue weighted by Crippen LogP contribution is 2.28. The van der Waals surface area contributed by atoms with Crippen molar-refractivity contribution in [3.63, 3.8) is 0 Å². The molecule has 0 heterocycles. The van der Waals surface area contributed by atoms with E-state index in [0.29, 0.717) is 0 Å². The van der Waals surface area contributed by atoms with Crippen LogP contribution in [0.3, 0.4) is 0 Å². The molecular formula is C17H26N4O5. The van der Waals surface area contributed by atoms with E-state index in [1.165, 1.54) is 6.92 Å². The summed E-state index contributed by atoms with van der Waals surface area (Å²) in [5.41, 5.74) is -0.824. The molecule has 144 valence electrons. The van der Waals surface area contributed by atoms with Gasteiger partial charge >= 0.3 is 0 Å². The summed E-state index contributed by atoms with van der Waals surface area (Å²) in [5, 5.41) is 24.9. The largest absolute Gasteiger partial charge is 0.350 e. The number of nitrogens with zero attached hydrogens (tertiary/aromatic N) is 3.